The molecule has 1 atom stereocenters. The molecule has 1 saturated heterocycles. The molecule has 0 amide bonds. The van der Waals surface area contributed by atoms with Crippen molar-refractivity contribution in [2.45, 2.75) is 23.8 Å². The van der Waals surface area contributed by atoms with Crippen LogP contribution in [0.4, 0.5) is 5.95 Å². The first-order valence-corrected chi connectivity index (χ1v) is 8.05. The average Bonchev–Trinajstić information content (AvgIpc) is 2.47. The van der Waals surface area contributed by atoms with E-state index >= 15 is 0 Å². The quantitative estimate of drug-likeness (QED) is 0.857. The zero-order valence-corrected chi connectivity index (χ0v) is 12.9. The van der Waals surface area contributed by atoms with Gasteiger partial charge in [-0.25, -0.2) is 18.4 Å². The molecule has 1 aliphatic heterocycles. The second-order valence-corrected chi connectivity index (χ2v) is 7.05. The number of nitrogens with one attached hydrogen (secondary N) is 1. The minimum absolute atomic E-state index is 0.149. The van der Waals surface area contributed by atoms with Crippen molar-refractivity contribution in [2.24, 2.45) is 0 Å². The number of rotatable bonds is 4. The molecule has 0 spiro atoms. The molecule has 1 aromatic heterocycles. The zero-order chi connectivity index (χ0) is 14.8. The highest BCUT2D eigenvalue weighted by molar-refractivity contribution is 7.89. The normalized spacial score (nSPS) is 21.1. The standard InChI is InChI=1S/C12H21N5O2S/c1-13-12-14-7-11(8-15-12)20(18,19)17-6-4-5-10(9-17)16(2)3/h7-8,10H,4-6,9H2,1-3H3,(H,13,14,15). The molecule has 112 valence electrons. The summed E-state index contributed by atoms with van der Waals surface area (Å²) in [4.78, 5) is 10.2. The number of likely N-dealkylation sites (N-methyl/N-ethyl adjacent to an activating group) is 1. The fourth-order valence-corrected chi connectivity index (χ4v) is 3.70. The SMILES string of the molecule is CNc1ncc(S(=O)(=O)N2CCCC(N(C)C)C2)cn1. The molecular weight excluding hydrogens is 278 g/mol. The van der Waals surface area contributed by atoms with Gasteiger partial charge < -0.3 is 10.2 Å². The average molecular weight is 299 g/mol. The lowest BCUT2D eigenvalue weighted by atomic mass is 10.1. The van der Waals surface area contributed by atoms with Gasteiger partial charge in [0.2, 0.25) is 16.0 Å². The molecule has 0 aliphatic carbocycles. The number of nitrogens with zero attached hydrogens (tertiary/aromatic N) is 4. The van der Waals surface area contributed by atoms with Crippen LogP contribution < -0.4 is 5.32 Å². The molecule has 20 heavy (non-hydrogen) atoms. The molecule has 7 nitrogen and oxygen atoms in total. The summed E-state index contributed by atoms with van der Waals surface area (Å²) in [7, 11) is 2.15. The molecule has 2 rings (SSSR count). The van der Waals surface area contributed by atoms with Gasteiger partial charge in [-0.2, -0.15) is 4.31 Å². The monoisotopic (exact) mass is 299 g/mol. The Labute approximate surface area is 120 Å². The Morgan fingerprint density at radius 2 is 2.00 bits per heavy atom. The fraction of sp³-hybridized carbons (Fsp3) is 0.667. The topological polar surface area (TPSA) is 78.4 Å². The first-order chi connectivity index (χ1) is 9.45. The highest BCUT2D eigenvalue weighted by Crippen LogP contribution is 2.21. The molecule has 1 aliphatic rings. The summed E-state index contributed by atoms with van der Waals surface area (Å²) in [6.07, 6.45) is 4.60. The third-order valence-corrected chi connectivity index (χ3v) is 5.40. The van der Waals surface area contributed by atoms with Crippen LogP contribution in [0.15, 0.2) is 17.3 Å². The van der Waals surface area contributed by atoms with Crippen LogP contribution in [0.5, 0.6) is 0 Å². The van der Waals surface area contributed by atoms with Gasteiger partial charge >= 0.3 is 0 Å². The van der Waals surface area contributed by atoms with Gasteiger partial charge in [0.25, 0.3) is 0 Å². The van der Waals surface area contributed by atoms with Crippen LogP contribution in [-0.4, -0.2) is 67.9 Å². The number of hydrogen-bond donors (Lipinski definition) is 1. The highest BCUT2D eigenvalue weighted by atomic mass is 32.2. The molecular formula is C12H21N5O2S. The molecule has 1 unspecified atom stereocenters. The molecule has 2 heterocycles. The first-order valence-electron chi connectivity index (χ1n) is 6.61. The van der Waals surface area contributed by atoms with Crippen LogP contribution in [0.2, 0.25) is 0 Å². The summed E-state index contributed by atoms with van der Waals surface area (Å²) >= 11 is 0. The van der Waals surface area contributed by atoms with Crippen LogP contribution in [0.3, 0.4) is 0 Å². The Bertz CT molecular complexity index is 543. The van der Waals surface area contributed by atoms with Gasteiger partial charge in [0.1, 0.15) is 4.90 Å². The van der Waals surface area contributed by atoms with Crippen LogP contribution in [0.25, 0.3) is 0 Å². The summed E-state index contributed by atoms with van der Waals surface area (Å²) in [5, 5.41) is 2.77. The van der Waals surface area contributed by atoms with E-state index in [0.29, 0.717) is 19.0 Å². The van der Waals surface area contributed by atoms with Gasteiger partial charge in [-0.1, -0.05) is 0 Å². The Balaban J connectivity index is 2.20. The maximum Gasteiger partial charge on any atom is 0.246 e. The minimum atomic E-state index is -3.50. The summed E-state index contributed by atoms with van der Waals surface area (Å²) in [5.41, 5.74) is 0. The van der Waals surface area contributed by atoms with E-state index in [-0.39, 0.29) is 10.9 Å². The molecule has 8 heteroatoms. The molecule has 1 N–H and O–H groups in total. The van der Waals surface area contributed by atoms with Crippen LogP contribution >= 0.6 is 0 Å². The molecule has 0 aromatic carbocycles. The van der Waals surface area contributed by atoms with Gasteiger partial charge in [-0.15, -0.1) is 0 Å². The number of sulfonamides is 1. The van der Waals surface area contributed by atoms with Gasteiger partial charge in [0.15, 0.2) is 0 Å². The molecule has 0 radical (unpaired) electrons. The summed E-state index contributed by atoms with van der Waals surface area (Å²) in [6.45, 7) is 1.07. The predicted octanol–water partition coefficient (Wildman–Crippen LogP) is 0.233. The van der Waals surface area contributed by atoms with E-state index in [9.17, 15) is 8.42 Å². The molecule has 0 bridgehead atoms. The number of piperidine rings is 1. The van der Waals surface area contributed by atoms with Gasteiger partial charge in [-0.3, -0.25) is 0 Å². The first kappa shape index (κ1) is 15.1. The third-order valence-electron chi connectivity index (χ3n) is 3.58. The number of hydrogen-bond acceptors (Lipinski definition) is 6. The van der Waals surface area contributed by atoms with Crippen molar-refractivity contribution in [3.05, 3.63) is 12.4 Å². The predicted molar refractivity (Wildman–Crippen MR) is 77.0 cm³/mol. The fourth-order valence-electron chi connectivity index (χ4n) is 2.29. The van der Waals surface area contributed by atoms with Crippen LogP contribution in [0.1, 0.15) is 12.8 Å². The van der Waals surface area contributed by atoms with E-state index in [2.05, 4.69) is 20.2 Å². The van der Waals surface area contributed by atoms with Gasteiger partial charge in [-0.05, 0) is 26.9 Å². The number of aromatic nitrogens is 2. The summed E-state index contributed by atoms with van der Waals surface area (Å²) in [5.74, 6) is 0.411. The Morgan fingerprint density at radius 3 is 2.55 bits per heavy atom. The Kier molecular flexibility index (Phi) is 4.56. The van der Waals surface area contributed by atoms with E-state index in [4.69, 9.17) is 0 Å². The second-order valence-electron chi connectivity index (χ2n) is 5.12. The second kappa shape index (κ2) is 6.02. The lowest BCUT2D eigenvalue weighted by molar-refractivity contribution is 0.190. The van der Waals surface area contributed by atoms with E-state index in [0.717, 1.165) is 12.8 Å². The van der Waals surface area contributed by atoms with E-state index in [1.165, 1.54) is 16.7 Å². The highest BCUT2D eigenvalue weighted by Gasteiger charge is 2.31. The van der Waals surface area contributed by atoms with Crippen molar-refractivity contribution in [1.29, 1.82) is 0 Å². The minimum Gasteiger partial charge on any atom is -0.357 e. The van der Waals surface area contributed by atoms with E-state index < -0.39 is 10.0 Å². The van der Waals surface area contributed by atoms with Gasteiger partial charge in [0, 0.05) is 26.2 Å². The van der Waals surface area contributed by atoms with Crippen molar-refractivity contribution in [2.75, 3.05) is 39.5 Å². The van der Waals surface area contributed by atoms with Crippen molar-refractivity contribution in [1.82, 2.24) is 19.2 Å². The van der Waals surface area contributed by atoms with Gasteiger partial charge in [0.05, 0.1) is 12.4 Å². The van der Waals surface area contributed by atoms with Crippen LogP contribution in [0, 0.1) is 0 Å². The Morgan fingerprint density at radius 1 is 1.35 bits per heavy atom. The lowest BCUT2D eigenvalue weighted by Gasteiger charge is -2.35. The summed E-state index contributed by atoms with van der Waals surface area (Å²) in [6, 6.07) is 0.260. The lowest BCUT2D eigenvalue weighted by Crippen LogP contribution is -2.47. The largest absolute Gasteiger partial charge is 0.357 e. The zero-order valence-electron chi connectivity index (χ0n) is 12.1. The number of anilines is 1. The third kappa shape index (κ3) is 3.08. The van der Waals surface area contributed by atoms with E-state index in [1.54, 1.807) is 7.05 Å². The maximum atomic E-state index is 12.6. The summed E-state index contributed by atoms with van der Waals surface area (Å²) < 4.78 is 26.7. The van der Waals surface area contributed by atoms with Crippen molar-refractivity contribution >= 4 is 16.0 Å². The van der Waals surface area contributed by atoms with Crippen molar-refractivity contribution in [3.63, 3.8) is 0 Å². The molecule has 1 aromatic rings. The smallest absolute Gasteiger partial charge is 0.246 e. The van der Waals surface area contributed by atoms with Crippen LogP contribution in [-0.2, 0) is 10.0 Å². The molecule has 0 saturated carbocycles. The van der Waals surface area contributed by atoms with Crippen molar-refractivity contribution in [3.8, 4) is 0 Å². The van der Waals surface area contributed by atoms with Crippen molar-refractivity contribution < 1.29 is 8.42 Å². The van der Waals surface area contributed by atoms with E-state index in [1.807, 2.05) is 14.1 Å². The molecule has 1 fully saturated rings. The Hall–Kier alpha value is -1.25. The maximum absolute atomic E-state index is 12.6.